The van der Waals surface area contributed by atoms with Gasteiger partial charge in [-0.15, -0.1) is 0 Å². The van der Waals surface area contributed by atoms with Crippen molar-refractivity contribution < 1.29 is 34.1 Å². The van der Waals surface area contributed by atoms with Crippen LogP contribution < -0.4 is 10.6 Å². The Balaban J connectivity index is 2.90. The van der Waals surface area contributed by atoms with Crippen molar-refractivity contribution >= 4 is 18.0 Å². The van der Waals surface area contributed by atoms with Gasteiger partial charge in [0, 0.05) is 11.1 Å². The average Bonchev–Trinajstić information content (AvgIpc) is 2.74. The van der Waals surface area contributed by atoms with Crippen molar-refractivity contribution in [3.63, 3.8) is 0 Å². The SMILES string of the molecule is COC(=O)C(NC(=O)c1ccc(C#C/C=C/CC(O)CO)cc1)C(C)(C)NC(=O)OC(C)(C)C. The third kappa shape index (κ3) is 10.1. The molecule has 186 valence electrons. The van der Waals surface area contributed by atoms with Crippen LogP contribution in [0.2, 0.25) is 0 Å². The van der Waals surface area contributed by atoms with Crippen LogP contribution in [0.15, 0.2) is 36.4 Å². The van der Waals surface area contributed by atoms with Crippen molar-refractivity contribution in [3.05, 3.63) is 47.5 Å². The quantitative estimate of drug-likeness (QED) is 0.334. The van der Waals surface area contributed by atoms with Crippen LogP contribution >= 0.6 is 0 Å². The molecule has 0 saturated carbocycles. The zero-order valence-electron chi connectivity index (χ0n) is 20.5. The highest BCUT2D eigenvalue weighted by Crippen LogP contribution is 2.15. The van der Waals surface area contributed by atoms with Crippen molar-refractivity contribution in [1.82, 2.24) is 10.6 Å². The Morgan fingerprint density at radius 2 is 1.74 bits per heavy atom. The monoisotopic (exact) mass is 474 g/mol. The molecule has 0 fully saturated rings. The molecule has 0 aliphatic rings. The number of benzene rings is 1. The number of hydrogen-bond acceptors (Lipinski definition) is 7. The molecule has 2 amide bonds. The molecule has 34 heavy (non-hydrogen) atoms. The van der Waals surface area contributed by atoms with Gasteiger partial charge in [0.05, 0.1) is 25.4 Å². The normalized spacial score (nSPS) is 13.3. The number of aliphatic hydroxyl groups is 2. The van der Waals surface area contributed by atoms with Crippen molar-refractivity contribution in [3.8, 4) is 11.8 Å². The lowest BCUT2D eigenvalue weighted by Gasteiger charge is -2.34. The summed E-state index contributed by atoms with van der Waals surface area (Å²) in [4.78, 5) is 37.4. The van der Waals surface area contributed by atoms with E-state index in [2.05, 4.69) is 22.5 Å². The summed E-state index contributed by atoms with van der Waals surface area (Å²) in [6.07, 6.45) is 1.97. The molecule has 4 N–H and O–H groups in total. The number of ether oxygens (including phenoxy) is 2. The van der Waals surface area contributed by atoms with Gasteiger partial charge in [0.25, 0.3) is 5.91 Å². The Morgan fingerprint density at radius 1 is 1.12 bits per heavy atom. The molecule has 1 aromatic carbocycles. The number of esters is 1. The summed E-state index contributed by atoms with van der Waals surface area (Å²) in [5.41, 5.74) is -1.01. The fourth-order valence-corrected chi connectivity index (χ4v) is 2.69. The van der Waals surface area contributed by atoms with Crippen molar-refractivity contribution in [1.29, 1.82) is 0 Å². The second-order valence-electron chi connectivity index (χ2n) is 9.10. The highest BCUT2D eigenvalue weighted by atomic mass is 16.6. The summed E-state index contributed by atoms with van der Waals surface area (Å²) in [6, 6.07) is 5.23. The zero-order valence-corrected chi connectivity index (χ0v) is 20.5. The van der Waals surface area contributed by atoms with Crippen LogP contribution in [-0.2, 0) is 14.3 Å². The van der Waals surface area contributed by atoms with Gasteiger partial charge in [-0.1, -0.05) is 17.9 Å². The minimum atomic E-state index is -1.22. The Bertz CT molecular complexity index is 935. The fraction of sp³-hybridized carbons (Fsp3) is 0.480. The van der Waals surface area contributed by atoms with E-state index in [0.29, 0.717) is 12.0 Å². The van der Waals surface area contributed by atoms with E-state index in [0.717, 1.165) is 0 Å². The zero-order chi connectivity index (χ0) is 25.9. The Kier molecular flexibility index (Phi) is 10.8. The molecule has 0 bridgehead atoms. The lowest BCUT2D eigenvalue weighted by atomic mass is 9.94. The molecule has 9 nitrogen and oxygen atoms in total. The summed E-state index contributed by atoms with van der Waals surface area (Å²) in [6.45, 7) is 7.98. The number of carbonyl (C=O) groups is 3. The Morgan fingerprint density at radius 3 is 2.26 bits per heavy atom. The number of nitrogens with one attached hydrogen (secondary N) is 2. The third-order valence-electron chi connectivity index (χ3n) is 4.44. The van der Waals surface area contributed by atoms with E-state index < -0.39 is 41.3 Å². The van der Waals surface area contributed by atoms with Gasteiger partial charge in [0.2, 0.25) is 0 Å². The number of hydrogen-bond donors (Lipinski definition) is 4. The van der Waals surface area contributed by atoms with Gasteiger partial charge in [-0.2, -0.15) is 0 Å². The van der Waals surface area contributed by atoms with Crippen LogP contribution in [0.5, 0.6) is 0 Å². The van der Waals surface area contributed by atoms with E-state index in [1.165, 1.54) is 7.11 Å². The minimum Gasteiger partial charge on any atom is -0.467 e. The maximum Gasteiger partial charge on any atom is 0.408 e. The van der Waals surface area contributed by atoms with Gasteiger partial charge in [0.15, 0.2) is 0 Å². The molecule has 0 heterocycles. The van der Waals surface area contributed by atoms with E-state index in [1.807, 2.05) is 0 Å². The second-order valence-corrected chi connectivity index (χ2v) is 9.10. The first-order chi connectivity index (χ1) is 15.8. The molecule has 2 atom stereocenters. The van der Waals surface area contributed by atoms with Gasteiger partial charge >= 0.3 is 12.1 Å². The molecular weight excluding hydrogens is 440 g/mol. The van der Waals surface area contributed by atoms with Crippen molar-refractivity contribution in [2.45, 2.75) is 64.3 Å². The van der Waals surface area contributed by atoms with Crippen LogP contribution in [0.25, 0.3) is 0 Å². The molecule has 0 aliphatic heterocycles. The molecule has 0 spiro atoms. The van der Waals surface area contributed by atoms with Crippen LogP contribution in [0.1, 0.15) is 57.0 Å². The Labute approximate surface area is 200 Å². The fourth-order valence-electron chi connectivity index (χ4n) is 2.69. The summed E-state index contributed by atoms with van der Waals surface area (Å²) < 4.78 is 10.1. The molecule has 0 aliphatic carbocycles. The molecule has 9 heteroatoms. The van der Waals surface area contributed by atoms with E-state index in [4.69, 9.17) is 14.6 Å². The van der Waals surface area contributed by atoms with Gasteiger partial charge in [-0.3, -0.25) is 4.79 Å². The van der Waals surface area contributed by atoms with E-state index in [1.54, 1.807) is 71.0 Å². The van der Waals surface area contributed by atoms with E-state index >= 15 is 0 Å². The number of aliphatic hydroxyl groups excluding tert-OH is 2. The maximum atomic E-state index is 12.8. The summed E-state index contributed by atoms with van der Waals surface area (Å²) in [5.74, 6) is 4.43. The molecule has 0 saturated heterocycles. The smallest absolute Gasteiger partial charge is 0.408 e. The number of alkyl carbamates (subject to hydrolysis) is 1. The number of carbonyl (C=O) groups excluding carboxylic acids is 3. The largest absolute Gasteiger partial charge is 0.467 e. The lowest BCUT2D eigenvalue weighted by Crippen LogP contribution is -2.62. The molecule has 0 radical (unpaired) electrons. The van der Waals surface area contributed by atoms with Gasteiger partial charge in [0.1, 0.15) is 11.6 Å². The van der Waals surface area contributed by atoms with E-state index in [-0.39, 0.29) is 12.2 Å². The van der Waals surface area contributed by atoms with Crippen LogP contribution in [0.4, 0.5) is 4.79 Å². The average molecular weight is 475 g/mol. The first kappa shape index (κ1) is 28.7. The predicted molar refractivity (Wildman–Crippen MR) is 127 cm³/mol. The third-order valence-corrected chi connectivity index (χ3v) is 4.44. The summed E-state index contributed by atoms with van der Waals surface area (Å²) in [5, 5.41) is 23.2. The Hall–Kier alpha value is -3.35. The number of amides is 2. The molecular formula is C25H34N2O7. The maximum absolute atomic E-state index is 12.8. The lowest BCUT2D eigenvalue weighted by molar-refractivity contribution is -0.144. The van der Waals surface area contributed by atoms with Crippen LogP contribution in [0.3, 0.4) is 0 Å². The first-order valence-corrected chi connectivity index (χ1v) is 10.7. The first-order valence-electron chi connectivity index (χ1n) is 10.7. The summed E-state index contributed by atoms with van der Waals surface area (Å²) in [7, 11) is 1.19. The predicted octanol–water partition coefficient (Wildman–Crippen LogP) is 1.91. The van der Waals surface area contributed by atoms with Crippen LogP contribution in [-0.4, -0.2) is 65.2 Å². The number of allylic oxidation sites excluding steroid dienone is 1. The molecule has 1 rings (SSSR count). The second kappa shape index (κ2) is 12.8. The van der Waals surface area contributed by atoms with Crippen LogP contribution in [0, 0.1) is 11.8 Å². The van der Waals surface area contributed by atoms with Crippen molar-refractivity contribution in [2.24, 2.45) is 0 Å². The van der Waals surface area contributed by atoms with E-state index in [9.17, 15) is 19.5 Å². The van der Waals surface area contributed by atoms with Crippen molar-refractivity contribution in [2.75, 3.05) is 13.7 Å². The van der Waals surface area contributed by atoms with Gasteiger partial charge in [-0.25, -0.2) is 9.59 Å². The molecule has 1 aromatic rings. The minimum absolute atomic E-state index is 0.286. The highest BCUT2D eigenvalue weighted by Gasteiger charge is 2.39. The summed E-state index contributed by atoms with van der Waals surface area (Å²) >= 11 is 0. The molecule has 0 aromatic heterocycles. The van der Waals surface area contributed by atoms with Gasteiger partial charge < -0.3 is 30.3 Å². The number of rotatable bonds is 8. The number of methoxy groups -OCH3 is 1. The highest BCUT2D eigenvalue weighted by molar-refractivity contribution is 5.97. The van der Waals surface area contributed by atoms with Gasteiger partial charge in [-0.05, 0) is 71.4 Å². The molecule has 2 unspecified atom stereocenters. The standard InChI is InChI=1S/C25H34N2O7/c1-24(2,3)34-23(32)27-25(4,5)20(22(31)33-6)26-21(30)18-14-12-17(13-15-18)10-8-7-9-11-19(29)16-28/h7,9,12-15,19-20,28-29H,11,16H2,1-6H3,(H,26,30)(H,27,32)/b9-7+. The topological polar surface area (TPSA) is 134 Å².